The van der Waals surface area contributed by atoms with Gasteiger partial charge in [0.05, 0.1) is 12.5 Å². The lowest BCUT2D eigenvalue weighted by Gasteiger charge is -2.37. The van der Waals surface area contributed by atoms with Gasteiger partial charge in [-0.1, -0.05) is 27.2 Å². The fourth-order valence-corrected chi connectivity index (χ4v) is 5.53. The number of aliphatic hydroxyl groups is 1. The molecule has 4 nitrogen and oxygen atoms in total. The van der Waals surface area contributed by atoms with Crippen LogP contribution in [0, 0.1) is 23.2 Å². The summed E-state index contributed by atoms with van der Waals surface area (Å²) in [5, 5.41) is 10.3. The molecule has 2 rings (SSSR count). The fourth-order valence-electron chi connectivity index (χ4n) is 4.98. The highest BCUT2D eigenvalue weighted by Gasteiger charge is 2.50. The van der Waals surface area contributed by atoms with Crippen LogP contribution in [0.3, 0.4) is 0 Å². The maximum absolute atomic E-state index is 15.0. The summed E-state index contributed by atoms with van der Waals surface area (Å²) in [5.74, 6) is -3.62. The van der Waals surface area contributed by atoms with Crippen molar-refractivity contribution < 1.29 is 27.8 Å². The first-order valence-electron chi connectivity index (χ1n) is 10.6. The van der Waals surface area contributed by atoms with Gasteiger partial charge in [-0.05, 0) is 43.7 Å². The van der Waals surface area contributed by atoms with E-state index in [2.05, 4.69) is 0 Å². The van der Waals surface area contributed by atoms with Gasteiger partial charge in [0.2, 0.25) is 9.04 Å². The number of rotatable bonds is 10. The zero-order chi connectivity index (χ0) is 21.1. The van der Waals surface area contributed by atoms with Gasteiger partial charge in [0.15, 0.2) is 0 Å². The molecule has 1 unspecified atom stereocenters. The highest BCUT2D eigenvalue weighted by Crippen LogP contribution is 2.47. The predicted octanol–water partition coefficient (Wildman–Crippen LogP) is 4.81. The number of carbonyl (C=O) groups excluding carboxylic acids is 1. The van der Waals surface area contributed by atoms with Crippen LogP contribution in [-0.4, -0.2) is 44.9 Å². The van der Waals surface area contributed by atoms with Crippen molar-refractivity contribution in [1.82, 2.24) is 0 Å². The molecule has 1 aliphatic carbocycles. The Labute approximate surface area is 170 Å². The van der Waals surface area contributed by atoms with Crippen LogP contribution in [0.4, 0.5) is 8.78 Å². The number of alkyl halides is 2. The van der Waals surface area contributed by atoms with E-state index in [0.29, 0.717) is 45.1 Å². The van der Waals surface area contributed by atoms with Gasteiger partial charge in [0.25, 0.3) is 5.92 Å². The zero-order valence-electron chi connectivity index (χ0n) is 18.0. The lowest BCUT2D eigenvalue weighted by molar-refractivity contribution is -0.141. The normalized spacial score (nSPS) is 29.2. The molecule has 0 aromatic heterocycles. The second-order valence-corrected chi connectivity index (χ2v) is 11.9. The summed E-state index contributed by atoms with van der Waals surface area (Å²) in [4.78, 5) is 11.5. The van der Waals surface area contributed by atoms with E-state index in [-0.39, 0.29) is 30.3 Å². The molecule has 1 aliphatic heterocycles. The number of aliphatic hydroxyl groups excluding tert-OH is 1. The predicted molar refractivity (Wildman–Crippen MR) is 107 cm³/mol. The van der Waals surface area contributed by atoms with Crippen molar-refractivity contribution in [3.63, 3.8) is 0 Å². The quantitative estimate of drug-likeness (QED) is 0.313. The molecule has 0 spiro atoms. The van der Waals surface area contributed by atoms with E-state index < -0.39 is 32.4 Å². The van der Waals surface area contributed by atoms with Gasteiger partial charge in [0.1, 0.15) is 6.10 Å². The molecule has 7 heteroatoms. The van der Waals surface area contributed by atoms with E-state index in [1.165, 1.54) is 0 Å². The van der Waals surface area contributed by atoms with E-state index in [9.17, 15) is 18.7 Å². The molecule has 5 atom stereocenters. The summed E-state index contributed by atoms with van der Waals surface area (Å²) >= 11 is 0. The molecule has 163 valence electrons. The van der Waals surface area contributed by atoms with E-state index in [4.69, 9.17) is 9.16 Å². The summed E-state index contributed by atoms with van der Waals surface area (Å²) in [6.45, 7) is 10.1. The molecule has 2 aliphatic rings. The second-order valence-electron chi connectivity index (χ2n) is 9.83. The molecule has 1 saturated carbocycles. The van der Waals surface area contributed by atoms with E-state index >= 15 is 0 Å². The van der Waals surface area contributed by atoms with E-state index in [1.54, 1.807) is 0 Å². The lowest BCUT2D eigenvalue weighted by Crippen LogP contribution is -2.38. The van der Waals surface area contributed by atoms with Crippen LogP contribution in [0.5, 0.6) is 0 Å². The Morgan fingerprint density at radius 2 is 1.96 bits per heavy atom. The molecule has 0 aromatic rings. The summed E-state index contributed by atoms with van der Waals surface area (Å²) in [6.07, 6.45) is 2.10. The van der Waals surface area contributed by atoms with Crippen molar-refractivity contribution in [1.29, 1.82) is 0 Å². The lowest BCUT2D eigenvalue weighted by atomic mass is 9.72. The summed E-state index contributed by atoms with van der Waals surface area (Å²) in [7, 11) is -0.842. The van der Waals surface area contributed by atoms with Gasteiger partial charge in [0, 0.05) is 31.3 Å². The molecular formula is C21H37F2O4Si. The van der Waals surface area contributed by atoms with Crippen molar-refractivity contribution in [2.45, 2.75) is 96.9 Å². The van der Waals surface area contributed by atoms with E-state index in [1.807, 2.05) is 33.9 Å². The molecule has 1 N–H and O–H groups in total. The monoisotopic (exact) mass is 419 g/mol. The molecule has 28 heavy (non-hydrogen) atoms. The third kappa shape index (κ3) is 6.23. The third-order valence-corrected chi connectivity index (χ3v) is 7.09. The van der Waals surface area contributed by atoms with Gasteiger partial charge in [-0.25, -0.2) is 8.78 Å². The highest BCUT2D eigenvalue weighted by molar-refractivity contribution is 6.48. The number of fused-ring (bicyclic) bond motifs is 1. The van der Waals surface area contributed by atoms with Gasteiger partial charge >= 0.3 is 5.97 Å². The number of halogens is 2. The van der Waals surface area contributed by atoms with E-state index in [0.717, 1.165) is 0 Å². The second kappa shape index (κ2) is 9.52. The smallest absolute Gasteiger partial charge is 0.306 e. The Morgan fingerprint density at radius 3 is 2.57 bits per heavy atom. The average Bonchev–Trinajstić information content (AvgIpc) is 3.02. The maximum Gasteiger partial charge on any atom is 0.306 e. The average molecular weight is 420 g/mol. The number of esters is 1. The minimum Gasteiger partial charge on any atom is -0.462 e. The Kier molecular flexibility index (Phi) is 8.07. The maximum atomic E-state index is 15.0. The topological polar surface area (TPSA) is 55.8 Å². The van der Waals surface area contributed by atoms with Gasteiger partial charge < -0.3 is 14.3 Å². The van der Waals surface area contributed by atoms with Crippen molar-refractivity contribution >= 4 is 15.0 Å². The van der Waals surface area contributed by atoms with Crippen LogP contribution in [0.2, 0.25) is 13.1 Å². The van der Waals surface area contributed by atoms with Crippen LogP contribution < -0.4 is 0 Å². The Balaban J connectivity index is 1.89. The van der Waals surface area contributed by atoms with Gasteiger partial charge in [-0.2, -0.15) is 0 Å². The number of carbonyl (C=O) groups is 1. The Bertz CT molecular complexity index is 521. The van der Waals surface area contributed by atoms with Crippen molar-refractivity contribution in [3.8, 4) is 0 Å². The molecule has 1 saturated heterocycles. The molecule has 0 bridgehead atoms. The molecule has 2 fully saturated rings. The van der Waals surface area contributed by atoms with Crippen LogP contribution >= 0.6 is 0 Å². The van der Waals surface area contributed by atoms with Crippen LogP contribution in [0.1, 0.15) is 65.7 Å². The number of ether oxygens (including phenoxy) is 1. The summed E-state index contributed by atoms with van der Waals surface area (Å²) in [5.41, 5.74) is -0.502. The number of hydrogen-bond acceptors (Lipinski definition) is 4. The molecule has 0 amide bonds. The highest BCUT2D eigenvalue weighted by atomic mass is 28.3. The largest absolute Gasteiger partial charge is 0.462 e. The number of hydrogen-bond donors (Lipinski definition) is 1. The Morgan fingerprint density at radius 1 is 1.29 bits per heavy atom. The third-order valence-electron chi connectivity index (χ3n) is 6.31. The first-order chi connectivity index (χ1) is 12.9. The Hall–Kier alpha value is -0.533. The standard InChI is InChI=1S/C21H37F2O4Si/c1-20(2,3)18(21(22,23)10-7-11-26-28(4)5)9-6-8-14-15-12-19(25)27-17(15)13-16(14)24/h14-18,24H,6-13H2,1-5H3/t14-,15-,16-,17+,18?/m1/s1. The van der Waals surface area contributed by atoms with Crippen LogP contribution in [0.25, 0.3) is 0 Å². The minimum absolute atomic E-state index is 0.0197. The first-order valence-corrected chi connectivity index (χ1v) is 13.0. The van der Waals surface area contributed by atoms with Crippen LogP contribution in [-0.2, 0) is 14.0 Å². The zero-order valence-corrected chi connectivity index (χ0v) is 19.0. The summed E-state index contributed by atoms with van der Waals surface area (Å²) < 4.78 is 40.8. The minimum atomic E-state index is -2.74. The van der Waals surface area contributed by atoms with Crippen molar-refractivity contribution in [2.24, 2.45) is 23.2 Å². The van der Waals surface area contributed by atoms with Gasteiger partial charge in [-0.3, -0.25) is 4.79 Å². The van der Waals surface area contributed by atoms with Gasteiger partial charge in [-0.15, -0.1) is 0 Å². The molecular weight excluding hydrogens is 382 g/mol. The molecule has 1 heterocycles. The van der Waals surface area contributed by atoms with Crippen molar-refractivity contribution in [2.75, 3.05) is 6.61 Å². The molecule has 0 aromatic carbocycles. The fraction of sp³-hybridized carbons (Fsp3) is 0.952. The first kappa shape index (κ1) is 23.7. The SMILES string of the molecule is C[Si](C)OCCCC(F)(F)C(CCC[C@@H]1[C@H]2CC(=O)O[C@H]2C[C@H]1O)C(C)(C)C. The molecule has 1 radical (unpaired) electrons. The van der Waals surface area contributed by atoms with Crippen LogP contribution in [0.15, 0.2) is 0 Å². The summed E-state index contributed by atoms with van der Waals surface area (Å²) in [6, 6.07) is 0. The van der Waals surface area contributed by atoms with Crippen molar-refractivity contribution in [3.05, 3.63) is 0 Å².